The van der Waals surface area contributed by atoms with E-state index >= 15 is 0 Å². The summed E-state index contributed by atoms with van der Waals surface area (Å²) in [6.07, 6.45) is 3.09. The van der Waals surface area contributed by atoms with Gasteiger partial charge in [-0.15, -0.1) is 0 Å². The third-order valence-corrected chi connectivity index (χ3v) is 5.57. The van der Waals surface area contributed by atoms with Crippen LogP contribution in [0.15, 0.2) is 36.4 Å². The van der Waals surface area contributed by atoms with Crippen molar-refractivity contribution in [2.75, 3.05) is 30.1 Å². The third-order valence-electron chi connectivity index (χ3n) is 5.57. The molecule has 1 atom stereocenters. The van der Waals surface area contributed by atoms with Crippen molar-refractivity contribution in [1.82, 2.24) is 5.32 Å². The fourth-order valence-electron chi connectivity index (χ4n) is 3.67. The zero-order valence-corrected chi connectivity index (χ0v) is 17.4. The molecule has 2 aromatic rings. The van der Waals surface area contributed by atoms with Gasteiger partial charge in [-0.2, -0.15) is 0 Å². The minimum atomic E-state index is -0.268. The highest BCUT2D eigenvalue weighted by Gasteiger charge is 2.22. The summed E-state index contributed by atoms with van der Waals surface area (Å²) in [6, 6.07) is 10.7. The first-order valence-electron chi connectivity index (χ1n) is 10.5. The van der Waals surface area contributed by atoms with Crippen LogP contribution >= 0.6 is 0 Å². The number of benzene rings is 2. The Morgan fingerprint density at radius 3 is 2.57 bits per heavy atom. The van der Waals surface area contributed by atoms with Gasteiger partial charge < -0.3 is 25.0 Å². The molecule has 7 nitrogen and oxygen atoms in total. The van der Waals surface area contributed by atoms with Crippen molar-refractivity contribution in [3.8, 4) is 11.5 Å². The Morgan fingerprint density at radius 2 is 1.80 bits per heavy atom. The van der Waals surface area contributed by atoms with Gasteiger partial charge in [0.25, 0.3) is 11.8 Å². The molecule has 0 aliphatic carbocycles. The van der Waals surface area contributed by atoms with Crippen molar-refractivity contribution >= 4 is 23.2 Å². The highest BCUT2D eigenvalue weighted by atomic mass is 16.7. The lowest BCUT2D eigenvalue weighted by Gasteiger charge is -2.23. The Hall–Kier alpha value is -3.22. The summed E-state index contributed by atoms with van der Waals surface area (Å²) in [5.41, 5.74) is 2.54. The number of hydrogen-bond acceptors (Lipinski definition) is 5. The van der Waals surface area contributed by atoms with Gasteiger partial charge in [0.1, 0.15) is 0 Å². The van der Waals surface area contributed by atoms with Gasteiger partial charge in [0.15, 0.2) is 11.5 Å². The summed E-state index contributed by atoms with van der Waals surface area (Å²) in [5, 5.41) is 5.94. The molecule has 2 aliphatic heterocycles. The molecular formula is C23H27N3O4. The Bertz CT molecular complexity index is 953. The molecule has 2 N–H and O–H groups in total. The lowest BCUT2D eigenvalue weighted by molar-refractivity contribution is 0.0938. The highest BCUT2D eigenvalue weighted by molar-refractivity contribution is 6.06. The summed E-state index contributed by atoms with van der Waals surface area (Å²) in [6.45, 7) is 6.05. The zero-order chi connectivity index (χ0) is 21.1. The van der Waals surface area contributed by atoms with Crippen molar-refractivity contribution in [3.05, 3.63) is 47.5 Å². The number of ether oxygens (including phenoxy) is 2. The summed E-state index contributed by atoms with van der Waals surface area (Å²) < 4.78 is 10.6. The number of fused-ring (bicyclic) bond motifs is 1. The predicted molar refractivity (Wildman–Crippen MR) is 116 cm³/mol. The van der Waals surface area contributed by atoms with Gasteiger partial charge in [0.05, 0.1) is 5.56 Å². The standard InChI is InChI=1S/C23H27N3O4/c1-3-15(2)24-23(28)18-13-17(7-8-19(18)26-10-4-5-11-26)25-22(27)16-6-9-20-21(12-16)30-14-29-20/h6-9,12-13,15H,3-5,10-11,14H2,1-2H3,(H,24,28)(H,25,27)/t15-/m0/s1. The molecular weight excluding hydrogens is 382 g/mol. The van der Waals surface area contributed by atoms with Crippen LogP contribution < -0.4 is 25.0 Å². The van der Waals surface area contributed by atoms with E-state index in [2.05, 4.69) is 15.5 Å². The molecule has 0 radical (unpaired) electrons. The number of nitrogens with one attached hydrogen (secondary N) is 2. The zero-order valence-electron chi connectivity index (χ0n) is 17.4. The van der Waals surface area contributed by atoms with E-state index < -0.39 is 0 Å². The largest absolute Gasteiger partial charge is 0.454 e. The van der Waals surface area contributed by atoms with Gasteiger partial charge in [0.2, 0.25) is 6.79 Å². The van der Waals surface area contributed by atoms with Crippen molar-refractivity contribution in [2.45, 2.75) is 39.2 Å². The van der Waals surface area contributed by atoms with Gasteiger partial charge in [0, 0.05) is 36.1 Å². The van der Waals surface area contributed by atoms with Gasteiger partial charge in [-0.25, -0.2) is 0 Å². The van der Waals surface area contributed by atoms with Crippen molar-refractivity contribution in [2.24, 2.45) is 0 Å². The number of carbonyl (C=O) groups is 2. The second-order valence-electron chi connectivity index (χ2n) is 7.73. The SMILES string of the molecule is CC[C@H](C)NC(=O)c1cc(NC(=O)c2ccc3c(c2)OCO3)ccc1N1CCCC1. The second-order valence-corrected chi connectivity index (χ2v) is 7.73. The first kappa shape index (κ1) is 20.1. The molecule has 30 heavy (non-hydrogen) atoms. The molecule has 0 unspecified atom stereocenters. The van der Waals surface area contributed by atoms with E-state index in [4.69, 9.17) is 9.47 Å². The maximum Gasteiger partial charge on any atom is 0.255 e. The molecule has 0 saturated carbocycles. The summed E-state index contributed by atoms with van der Waals surface area (Å²) >= 11 is 0. The summed E-state index contributed by atoms with van der Waals surface area (Å²) in [5.74, 6) is 0.798. The van der Waals surface area contributed by atoms with E-state index in [-0.39, 0.29) is 24.6 Å². The number of amides is 2. The molecule has 158 valence electrons. The maximum atomic E-state index is 12.9. The van der Waals surface area contributed by atoms with Crippen LogP contribution in [0.5, 0.6) is 11.5 Å². The molecule has 7 heteroatoms. The topological polar surface area (TPSA) is 79.9 Å². The number of carbonyl (C=O) groups excluding carboxylic acids is 2. The Labute approximate surface area is 176 Å². The molecule has 1 fully saturated rings. The molecule has 0 aromatic heterocycles. The van der Waals surface area contributed by atoms with Crippen molar-refractivity contribution in [3.63, 3.8) is 0 Å². The van der Waals surface area contributed by atoms with E-state index in [0.717, 1.165) is 38.0 Å². The third kappa shape index (κ3) is 4.20. The fraction of sp³-hybridized carbons (Fsp3) is 0.391. The van der Waals surface area contributed by atoms with Crippen LogP contribution in [0.25, 0.3) is 0 Å². The normalized spacial score (nSPS) is 15.7. The quantitative estimate of drug-likeness (QED) is 0.759. The number of rotatable bonds is 6. The summed E-state index contributed by atoms with van der Waals surface area (Å²) in [7, 11) is 0. The van der Waals surface area contributed by atoms with Gasteiger partial charge in [-0.1, -0.05) is 6.92 Å². The maximum absolute atomic E-state index is 12.9. The van der Waals surface area contributed by atoms with E-state index in [1.807, 2.05) is 26.0 Å². The molecule has 2 amide bonds. The van der Waals surface area contributed by atoms with Gasteiger partial charge in [-0.3, -0.25) is 9.59 Å². The minimum Gasteiger partial charge on any atom is -0.454 e. The Morgan fingerprint density at radius 1 is 1.03 bits per heavy atom. The van der Waals surface area contributed by atoms with Crippen LogP contribution in [0.3, 0.4) is 0 Å². The molecule has 4 rings (SSSR count). The Kier molecular flexibility index (Phi) is 5.79. The van der Waals surface area contributed by atoms with Crippen molar-refractivity contribution in [1.29, 1.82) is 0 Å². The van der Waals surface area contributed by atoms with Crippen LogP contribution in [0.4, 0.5) is 11.4 Å². The highest BCUT2D eigenvalue weighted by Crippen LogP contribution is 2.33. The predicted octanol–water partition coefficient (Wildman–Crippen LogP) is 3.80. The lowest BCUT2D eigenvalue weighted by atomic mass is 10.1. The summed E-state index contributed by atoms with van der Waals surface area (Å²) in [4.78, 5) is 27.9. The van der Waals surface area contributed by atoms with E-state index in [1.54, 1.807) is 24.3 Å². The number of anilines is 2. The molecule has 2 aromatic carbocycles. The number of hydrogen-bond donors (Lipinski definition) is 2. The Balaban J connectivity index is 1.57. The van der Waals surface area contributed by atoms with E-state index in [0.29, 0.717) is 28.3 Å². The minimum absolute atomic E-state index is 0.0795. The number of nitrogens with zero attached hydrogens (tertiary/aromatic N) is 1. The average molecular weight is 409 g/mol. The van der Waals surface area contributed by atoms with Crippen LogP contribution in [0.2, 0.25) is 0 Å². The van der Waals surface area contributed by atoms with Crippen LogP contribution in [0, 0.1) is 0 Å². The van der Waals surface area contributed by atoms with Crippen LogP contribution in [0.1, 0.15) is 53.8 Å². The van der Waals surface area contributed by atoms with Gasteiger partial charge >= 0.3 is 0 Å². The van der Waals surface area contributed by atoms with Crippen molar-refractivity contribution < 1.29 is 19.1 Å². The van der Waals surface area contributed by atoms with E-state index in [9.17, 15) is 9.59 Å². The first-order valence-corrected chi connectivity index (χ1v) is 10.5. The van der Waals surface area contributed by atoms with Crippen LogP contribution in [-0.4, -0.2) is 37.7 Å². The molecule has 0 bridgehead atoms. The fourth-order valence-corrected chi connectivity index (χ4v) is 3.67. The lowest BCUT2D eigenvalue weighted by Crippen LogP contribution is -2.33. The average Bonchev–Trinajstić information content (AvgIpc) is 3.44. The van der Waals surface area contributed by atoms with Gasteiger partial charge in [-0.05, 0) is 62.6 Å². The molecule has 1 saturated heterocycles. The second kappa shape index (κ2) is 8.65. The van der Waals surface area contributed by atoms with Crippen LogP contribution in [-0.2, 0) is 0 Å². The molecule has 2 heterocycles. The first-order chi connectivity index (χ1) is 14.5. The molecule has 0 spiro atoms. The monoisotopic (exact) mass is 409 g/mol. The van der Waals surface area contributed by atoms with E-state index in [1.165, 1.54) is 0 Å². The smallest absolute Gasteiger partial charge is 0.255 e. The molecule has 2 aliphatic rings.